The average Bonchev–Trinajstić information content (AvgIpc) is 2.54. The Bertz CT molecular complexity index is 537. The first kappa shape index (κ1) is 17.3. The highest BCUT2D eigenvalue weighted by Gasteiger charge is 2.21. The molecule has 1 aliphatic carbocycles. The first-order valence-corrected chi connectivity index (χ1v) is 8.12. The van der Waals surface area contributed by atoms with Gasteiger partial charge in [0.1, 0.15) is 12.4 Å². The van der Waals surface area contributed by atoms with E-state index in [4.69, 9.17) is 9.84 Å². The van der Waals surface area contributed by atoms with Crippen molar-refractivity contribution in [1.29, 1.82) is 0 Å². The SMILES string of the molecule is C=C(C)COc1cccc(NC(=O)NC2CCC(CO)CC2)c1. The van der Waals surface area contributed by atoms with Crippen LogP contribution in [0.15, 0.2) is 36.4 Å². The smallest absolute Gasteiger partial charge is 0.319 e. The summed E-state index contributed by atoms with van der Waals surface area (Å²) < 4.78 is 5.57. The van der Waals surface area contributed by atoms with Gasteiger partial charge in [0.2, 0.25) is 0 Å². The van der Waals surface area contributed by atoms with Gasteiger partial charge in [0.05, 0.1) is 0 Å². The molecule has 126 valence electrons. The van der Waals surface area contributed by atoms with E-state index in [0.29, 0.717) is 24.0 Å². The number of nitrogens with one attached hydrogen (secondary N) is 2. The molecule has 3 N–H and O–H groups in total. The number of hydrogen-bond donors (Lipinski definition) is 3. The van der Waals surface area contributed by atoms with Crippen LogP contribution in [-0.2, 0) is 0 Å². The summed E-state index contributed by atoms with van der Waals surface area (Å²) in [5.41, 5.74) is 1.64. The molecule has 2 rings (SSSR count). The molecule has 0 saturated heterocycles. The van der Waals surface area contributed by atoms with Gasteiger partial charge in [0.25, 0.3) is 0 Å². The maximum absolute atomic E-state index is 12.1. The van der Waals surface area contributed by atoms with Crippen molar-refractivity contribution in [2.45, 2.75) is 38.6 Å². The van der Waals surface area contributed by atoms with Crippen LogP contribution in [-0.4, -0.2) is 30.4 Å². The topological polar surface area (TPSA) is 70.6 Å². The molecule has 1 aromatic carbocycles. The number of urea groups is 1. The third-order valence-electron chi connectivity index (χ3n) is 4.02. The average molecular weight is 318 g/mol. The summed E-state index contributed by atoms with van der Waals surface area (Å²) in [7, 11) is 0. The van der Waals surface area contributed by atoms with E-state index in [-0.39, 0.29) is 18.7 Å². The molecule has 5 nitrogen and oxygen atoms in total. The Morgan fingerprint density at radius 2 is 2.09 bits per heavy atom. The van der Waals surface area contributed by atoms with E-state index in [2.05, 4.69) is 17.2 Å². The maximum Gasteiger partial charge on any atom is 0.319 e. The van der Waals surface area contributed by atoms with E-state index in [9.17, 15) is 4.79 Å². The number of carbonyl (C=O) groups is 1. The summed E-state index contributed by atoms with van der Waals surface area (Å²) >= 11 is 0. The van der Waals surface area contributed by atoms with Crippen molar-refractivity contribution in [3.05, 3.63) is 36.4 Å². The molecular weight excluding hydrogens is 292 g/mol. The predicted octanol–water partition coefficient (Wildman–Crippen LogP) is 3.31. The number of ether oxygens (including phenoxy) is 1. The molecular formula is C18H26N2O3. The quantitative estimate of drug-likeness (QED) is 0.705. The summed E-state index contributed by atoms with van der Waals surface area (Å²) in [6.45, 7) is 6.41. The number of benzene rings is 1. The molecule has 0 atom stereocenters. The Morgan fingerprint density at radius 3 is 2.74 bits per heavy atom. The molecule has 1 aromatic rings. The fourth-order valence-corrected chi connectivity index (χ4v) is 2.71. The zero-order chi connectivity index (χ0) is 16.7. The van der Waals surface area contributed by atoms with E-state index in [1.807, 2.05) is 25.1 Å². The van der Waals surface area contributed by atoms with Crippen molar-refractivity contribution in [3.8, 4) is 5.75 Å². The van der Waals surface area contributed by atoms with Gasteiger partial charge in [-0.15, -0.1) is 0 Å². The number of rotatable bonds is 6. The molecule has 0 bridgehead atoms. The third-order valence-corrected chi connectivity index (χ3v) is 4.02. The number of amides is 2. The van der Waals surface area contributed by atoms with Gasteiger partial charge in [-0.1, -0.05) is 12.6 Å². The monoisotopic (exact) mass is 318 g/mol. The minimum Gasteiger partial charge on any atom is -0.489 e. The Labute approximate surface area is 137 Å². The van der Waals surface area contributed by atoms with Gasteiger partial charge in [-0.2, -0.15) is 0 Å². The van der Waals surface area contributed by atoms with Crippen LogP contribution in [0, 0.1) is 5.92 Å². The van der Waals surface area contributed by atoms with Crippen LogP contribution in [0.25, 0.3) is 0 Å². The molecule has 0 spiro atoms. The number of carbonyl (C=O) groups excluding carboxylic acids is 1. The van der Waals surface area contributed by atoms with E-state index in [1.165, 1.54) is 0 Å². The van der Waals surface area contributed by atoms with Crippen molar-refractivity contribution in [3.63, 3.8) is 0 Å². The van der Waals surface area contributed by atoms with Crippen LogP contribution in [0.4, 0.5) is 10.5 Å². The first-order valence-electron chi connectivity index (χ1n) is 8.12. The van der Waals surface area contributed by atoms with Crippen LogP contribution in [0.1, 0.15) is 32.6 Å². The van der Waals surface area contributed by atoms with Gasteiger partial charge in [-0.3, -0.25) is 0 Å². The van der Waals surface area contributed by atoms with Crippen molar-refractivity contribution >= 4 is 11.7 Å². The van der Waals surface area contributed by atoms with Crippen LogP contribution in [0.5, 0.6) is 5.75 Å². The molecule has 5 heteroatoms. The summed E-state index contributed by atoms with van der Waals surface area (Å²) in [5, 5.41) is 15.0. The lowest BCUT2D eigenvalue weighted by Crippen LogP contribution is -2.40. The highest BCUT2D eigenvalue weighted by molar-refractivity contribution is 5.89. The van der Waals surface area contributed by atoms with Gasteiger partial charge in [0.15, 0.2) is 0 Å². The fraction of sp³-hybridized carbons (Fsp3) is 0.500. The Morgan fingerprint density at radius 1 is 1.35 bits per heavy atom. The fourth-order valence-electron chi connectivity index (χ4n) is 2.71. The summed E-state index contributed by atoms with van der Waals surface area (Å²) in [5.74, 6) is 1.09. The minimum absolute atomic E-state index is 0.181. The lowest BCUT2D eigenvalue weighted by Gasteiger charge is -2.27. The molecule has 23 heavy (non-hydrogen) atoms. The molecule has 0 heterocycles. The van der Waals surface area contributed by atoms with Crippen LogP contribution in [0.2, 0.25) is 0 Å². The number of hydrogen-bond acceptors (Lipinski definition) is 3. The van der Waals surface area contributed by atoms with Crippen molar-refractivity contribution in [2.75, 3.05) is 18.5 Å². The van der Waals surface area contributed by atoms with Crippen LogP contribution >= 0.6 is 0 Å². The zero-order valence-corrected chi connectivity index (χ0v) is 13.7. The van der Waals surface area contributed by atoms with Crippen LogP contribution in [0.3, 0.4) is 0 Å². The number of aliphatic hydroxyl groups excluding tert-OH is 1. The highest BCUT2D eigenvalue weighted by atomic mass is 16.5. The Kier molecular flexibility index (Phi) is 6.47. The summed E-state index contributed by atoms with van der Waals surface area (Å²) in [6, 6.07) is 7.30. The van der Waals surface area contributed by atoms with Crippen molar-refractivity contribution < 1.29 is 14.6 Å². The maximum atomic E-state index is 12.1. The lowest BCUT2D eigenvalue weighted by atomic mass is 9.87. The van der Waals surface area contributed by atoms with Crippen molar-refractivity contribution in [1.82, 2.24) is 5.32 Å². The van der Waals surface area contributed by atoms with Gasteiger partial charge >= 0.3 is 6.03 Å². The molecule has 0 radical (unpaired) electrons. The molecule has 0 unspecified atom stereocenters. The second kappa shape index (κ2) is 8.58. The zero-order valence-electron chi connectivity index (χ0n) is 13.7. The minimum atomic E-state index is -0.200. The predicted molar refractivity (Wildman–Crippen MR) is 91.7 cm³/mol. The number of anilines is 1. The second-order valence-electron chi connectivity index (χ2n) is 6.27. The molecule has 2 amide bonds. The number of aliphatic hydroxyl groups is 1. The Balaban J connectivity index is 1.81. The first-order chi connectivity index (χ1) is 11.1. The normalized spacial score (nSPS) is 20.6. The van der Waals surface area contributed by atoms with Gasteiger partial charge in [-0.25, -0.2) is 4.79 Å². The summed E-state index contributed by atoms with van der Waals surface area (Å²) in [4.78, 5) is 12.1. The molecule has 1 saturated carbocycles. The molecule has 1 aliphatic rings. The van der Waals surface area contributed by atoms with Crippen molar-refractivity contribution in [2.24, 2.45) is 5.92 Å². The van der Waals surface area contributed by atoms with Gasteiger partial charge < -0.3 is 20.5 Å². The lowest BCUT2D eigenvalue weighted by molar-refractivity contribution is 0.176. The van der Waals surface area contributed by atoms with Gasteiger partial charge in [0, 0.05) is 24.4 Å². The molecule has 0 aromatic heterocycles. The van der Waals surface area contributed by atoms with Crippen LogP contribution < -0.4 is 15.4 Å². The van der Waals surface area contributed by atoms with E-state index >= 15 is 0 Å². The second-order valence-corrected chi connectivity index (χ2v) is 6.27. The summed E-state index contributed by atoms with van der Waals surface area (Å²) in [6.07, 6.45) is 3.76. The standard InChI is InChI=1S/C18H26N2O3/c1-13(2)12-23-17-5-3-4-16(10-17)20-18(22)19-15-8-6-14(11-21)7-9-15/h3-5,10,14-15,21H,1,6-9,11-12H2,2H3,(H2,19,20,22). The highest BCUT2D eigenvalue weighted by Crippen LogP contribution is 2.24. The molecule has 0 aliphatic heterocycles. The van der Waals surface area contributed by atoms with E-state index < -0.39 is 0 Å². The van der Waals surface area contributed by atoms with E-state index in [1.54, 1.807) is 6.07 Å². The van der Waals surface area contributed by atoms with Gasteiger partial charge in [-0.05, 0) is 56.2 Å². The third kappa shape index (κ3) is 5.94. The largest absolute Gasteiger partial charge is 0.489 e. The molecule has 1 fully saturated rings. The Hall–Kier alpha value is -2.01. The van der Waals surface area contributed by atoms with E-state index in [0.717, 1.165) is 31.3 Å².